The number of anilines is 2. The Bertz CT molecular complexity index is 1470. The number of carbonyl (C=O) groups is 1. The first kappa shape index (κ1) is 25.7. The largest absolute Gasteiger partial charge is 0.490 e. The molecule has 0 spiro atoms. The zero-order valence-corrected chi connectivity index (χ0v) is 21.4. The highest BCUT2D eigenvalue weighted by molar-refractivity contribution is 7.92. The lowest BCUT2D eigenvalue weighted by Gasteiger charge is -2.19. The van der Waals surface area contributed by atoms with Crippen LogP contribution in [0.3, 0.4) is 0 Å². The molecule has 1 amide bonds. The lowest BCUT2D eigenvalue weighted by atomic mass is 10.2. The summed E-state index contributed by atoms with van der Waals surface area (Å²) in [4.78, 5) is 12.7. The molecule has 4 aromatic rings. The van der Waals surface area contributed by atoms with Gasteiger partial charge >= 0.3 is 6.01 Å². The molecule has 11 heteroatoms. The predicted molar refractivity (Wildman–Crippen MR) is 138 cm³/mol. The second-order valence-electron chi connectivity index (χ2n) is 7.73. The topological polar surface area (TPSA) is 124 Å². The van der Waals surface area contributed by atoms with E-state index in [0.717, 1.165) is 0 Å². The van der Waals surface area contributed by atoms with E-state index in [1.807, 2.05) is 13.8 Å². The molecule has 1 aromatic heterocycles. The van der Waals surface area contributed by atoms with Crippen LogP contribution >= 0.6 is 0 Å². The first-order chi connectivity index (χ1) is 17.8. The van der Waals surface area contributed by atoms with Crippen LogP contribution in [0.15, 0.2) is 82.1 Å². The van der Waals surface area contributed by atoms with E-state index >= 15 is 0 Å². The molecule has 0 fully saturated rings. The minimum absolute atomic E-state index is 0.0519. The molecule has 0 bridgehead atoms. The number of benzene rings is 3. The maximum absolute atomic E-state index is 12.9. The Kier molecular flexibility index (Phi) is 7.73. The Morgan fingerprint density at radius 2 is 1.59 bits per heavy atom. The first-order valence-electron chi connectivity index (χ1n) is 11.5. The van der Waals surface area contributed by atoms with E-state index in [-0.39, 0.29) is 22.4 Å². The van der Waals surface area contributed by atoms with Gasteiger partial charge in [0.1, 0.15) is 0 Å². The molecule has 1 heterocycles. The molecule has 0 saturated heterocycles. The van der Waals surface area contributed by atoms with E-state index in [0.29, 0.717) is 36.0 Å². The van der Waals surface area contributed by atoms with Crippen LogP contribution in [0, 0.1) is 0 Å². The molecule has 37 heavy (non-hydrogen) atoms. The van der Waals surface area contributed by atoms with Crippen molar-refractivity contribution >= 4 is 27.6 Å². The maximum atomic E-state index is 12.9. The number of nitrogens with zero attached hydrogens (tertiary/aromatic N) is 3. The molecular weight excluding hydrogens is 496 g/mol. The molecule has 1 N–H and O–H groups in total. The Morgan fingerprint density at radius 1 is 0.919 bits per heavy atom. The number of rotatable bonds is 10. The van der Waals surface area contributed by atoms with Crippen molar-refractivity contribution in [2.24, 2.45) is 0 Å². The average molecular weight is 523 g/mol. The lowest BCUT2D eigenvalue weighted by molar-refractivity contribution is 0.102. The van der Waals surface area contributed by atoms with Gasteiger partial charge in [0, 0.05) is 18.2 Å². The van der Waals surface area contributed by atoms with Crippen LogP contribution in [0.5, 0.6) is 11.5 Å². The Morgan fingerprint density at radius 3 is 2.27 bits per heavy atom. The van der Waals surface area contributed by atoms with Crippen molar-refractivity contribution in [3.05, 3.63) is 78.4 Å². The molecule has 0 radical (unpaired) electrons. The van der Waals surface area contributed by atoms with Gasteiger partial charge in [0.2, 0.25) is 5.89 Å². The van der Waals surface area contributed by atoms with Crippen molar-refractivity contribution in [3.8, 4) is 23.0 Å². The average Bonchev–Trinajstić information content (AvgIpc) is 3.38. The zero-order chi connectivity index (χ0) is 26.4. The van der Waals surface area contributed by atoms with Crippen molar-refractivity contribution in [1.82, 2.24) is 10.2 Å². The van der Waals surface area contributed by atoms with E-state index in [4.69, 9.17) is 13.9 Å². The number of aromatic nitrogens is 2. The molecule has 3 aromatic carbocycles. The molecule has 0 saturated carbocycles. The van der Waals surface area contributed by atoms with E-state index < -0.39 is 15.9 Å². The number of nitrogens with one attached hydrogen (secondary N) is 1. The number of ether oxygens (including phenoxy) is 2. The second-order valence-corrected chi connectivity index (χ2v) is 9.70. The van der Waals surface area contributed by atoms with Crippen LogP contribution < -0.4 is 19.1 Å². The van der Waals surface area contributed by atoms with Gasteiger partial charge in [-0.3, -0.25) is 14.4 Å². The molecule has 0 aliphatic carbocycles. The normalized spacial score (nSPS) is 11.1. The van der Waals surface area contributed by atoms with Gasteiger partial charge in [-0.1, -0.05) is 23.3 Å². The minimum Gasteiger partial charge on any atom is -0.490 e. The summed E-state index contributed by atoms with van der Waals surface area (Å²) in [5, 5.41) is 10.4. The first-order valence-corrected chi connectivity index (χ1v) is 13.0. The lowest BCUT2D eigenvalue weighted by Crippen LogP contribution is -2.26. The van der Waals surface area contributed by atoms with Crippen molar-refractivity contribution < 1.29 is 27.1 Å². The summed E-state index contributed by atoms with van der Waals surface area (Å²) in [5.41, 5.74) is 1.34. The third-order valence-electron chi connectivity index (χ3n) is 5.33. The van der Waals surface area contributed by atoms with Gasteiger partial charge in [-0.05, 0) is 68.4 Å². The Labute approximate surface area is 214 Å². The number of sulfonamides is 1. The molecule has 0 aliphatic rings. The molecule has 10 nitrogen and oxygen atoms in total. The van der Waals surface area contributed by atoms with Gasteiger partial charge < -0.3 is 13.9 Å². The third kappa shape index (κ3) is 5.72. The summed E-state index contributed by atoms with van der Waals surface area (Å²) in [7, 11) is -2.32. The van der Waals surface area contributed by atoms with Crippen LogP contribution in [-0.4, -0.2) is 44.8 Å². The molecule has 192 valence electrons. The number of carbonyl (C=O) groups excluding carboxylic acids is 1. The van der Waals surface area contributed by atoms with Crippen LogP contribution in [-0.2, 0) is 10.0 Å². The van der Waals surface area contributed by atoms with Gasteiger partial charge in [-0.2, -0.15) is 0 Å². The predicted octanol–water partition coefficient (Wildman–Crippen LogP) is 4.61. The number of amides is 1. The summed E-state index contributed by atoms with van der Waals surface area (Å²) >= 11 is 0. The minimum atomic E-state index is -3.79. The number of hydrogen-bond acceptors (Lipinski definition) is 8. The van der Waals surface area contributed by atoms with Gasteiger partial charge in [0.25, 0.3) is 15.9 Å². The Hall–Kier alpha value is -4.38. The van der Waals surface area contributed by atoms with E-state index in [2.05, 4.69) is 15.5 Å². The van der Waals surface area contributed by atoms with E-state index in [9.17, 15) is 13.2 Å². The third-order valence-corrected chi connectivity index (χ3v) is 7.13. The highest BCUT2D eigenvalue weighted by atomic mass is 32.2. The SMILES string of the molecule is CCOc1ccc(-c2nnc(NC(=O)c3ccc(S(=O)(=O)N(C)c4ccccc4)cc3)o2)cc1OCC. The van der Waals surface area contributed by atoms with Crippen LogP contribution in [0.25, 0.3) is 11.5 Å². The second kappa shape index (κ2) is 11.1. The number of hydrogen-bond donors (Lipinski definition) is 1. The summed E-state index contributed by atoms with van der Waals surface area (Å²) in [5.74, 6) is 0.794. The molecule has 0 atom stereocenters. The van der Waals surface area contributed by atoms with Gasteiger partial charge in [0.05, 0.1) is 23.8 Å². The highest BCUT2D eigenvalue weighted by Crippen LogP contribution is 2.33. The molecule has 0 aliphatic heterocycles. The molecule has 4 rings (SSSR count). The van der Waals surface area contributed by atoms with Crippen LogP contribution in [0.1, 0.15) is 24.2 Å². The fourth-order valence-electron chi connectivity index (χ4n) is 3.46. The fourth-order valence-corrected chi connectivity index (χ4v) is 4.65. The Balaban J connectivity index is 1.47. The van der Waals surface area contributed by atoms with Crippen molar-refractivity contribution in [1.29, 1.82) is 0 Å². The zero-order valence-electron chi connectivity index (χ0n) is 20.5. The highest BCUT2D eigenvalue weighted by Gasteiger charge is 2.22. The van der Waals surface area contributed by atoms with Crippen molar-refractivity contribution in [2.45, 2.75) is 18.7 Å². The van der Waals surface area contributed by atoms with Crippen LogP contribution in [0.2, 0.25) is 0 Å². The van der Waals surface area contributed by atoms with E-state index in [1.165, 1.54) is 35.6 Å². The van der Waals surface area contributed by atoms with Crippen molar-refractivity contribution in [3.63, 3.8) is 0 Å². The summed E-state index contributed by atoms with van der Waals surface area (Å²) in [6.07, 6.45) is 0. The maximum Gasteiger partial charge on any atom is 0.322 e. The van der Waals surface area contributed by atoms with Gasteiger partial charge in [-0.15, -0.1) is 5.10 Å². The summed E-state index contributed by atoms with van der Waals surface area (Å²) in [6.45, 7) is 4.70. The fraction of sp³-hybridized carbons (Fsp3) is 0.192. The van der Waals surface area contributed by atoms with Gasteiger partial charge in [-0.25, -0.2) is 8.42 Å². The smallest absolute Gasteiger partial charge is 0.322 e. The summed E-state index contributed by atoms with van der Waals surface area (Å²) in [6, 6.07) is 19.4. The quantitative estimate of drug-likeness (QED) is 0.320. The van der Waals surface area contributed by atoms with Gasteiger partial charge in [0.15, 0.2) is 11.5 Å². The molecular formula is C26H26N4O6S. The molecule has 0 unspecified atom stereocenters. The van der Waals surface area contributed by atoms with E-state index in [1.54, 1.807) is 48.5 Å². The monoisotopic (exact) mass is 522 g/mol. The number of para-hydroxylation sites is 1. The summed E-state index contributed by atoms with van der Waals surface area (Å²) < 4.78 is 43.8. The standard InChI is InChI=1S/C26H26N4O6S/c1-4-34-22-16-13-19(17-23(22)35-5-2)25-28-29-26(36-25)27-24(31)18-11-14-21(15-12-18)37(32,33)30(3)20-9-7-6-8-10-20/h6-17H,4-5H2,1-3H3,(H,27,29,31). The van der Waals surface area contributed by atoms with Crippen molar-refractivity contribution in [2.75, 3.05) is 29.9 Å². The van der Waals surface area contributed by atoms with Crippen LogP contribution in [0.4, 0.5) is 11.7 Å².